The lowest BCUT2D eigenvalue weighted by molar-refractivity contribution is -0.159. The molecule has 0 unspecified atom stereocenters. The second-order valence-electron chi connectivity index (χ2n) is 13.7. The summed E-state index contributed by atoms with van der Waals surface area (Å²) < 4.78 is 87.2. The number of carbonyl (C=O) groups excluding carboxylic acids is 3. The van der Waals surface area contributed by atoms with Gasteiger partial charge in [-0.1, -0.05) is 62.4 Å². The van der Waals surface area contributed by atoms with E-state index in [0.717, 1.165) is 27.2 Å². The van der Waals surface area contributed by atoms with Crippen molar-refractivity contribution in [3.63, 3.8) is 0 Å². The molecule has 1 aliphatic carbocycles. The quantitative estimate of drug-likeness (QED) is 0.0849. The molecule has 3 aromatic carbocycles. The number of likely N-dealkylation sites (tertiary alicyclic amines) is 1. The maximum absolute atomic E-state index is 14.6. The molecule has 5 rings (SSSR count). The predicted molar refractivity (Wildman–Crippen MR) is 168 cm³/mol. The van der Waals surface area contributed by atoms with E-state index >= 15 is 0 Å². The molecule has 1 N–H and O–H groups in total. The Labute approximate surface area is 280 Å². The number of halogens is 5. The van der Waals surface area contributed by atoms with Crippen molar-refractivity contribution in [3.05, 3.63) is 88.7 Å². The Morgan fingerprint density at radius 2 is 1.41 bits per heavy atom. The Bertz CT molecular complexity index is 1700. The van der Waals surface area contributed by atoms with Crippen LogP contribution < -0.4 is 10.1 Å². The summed E-state index contributed by atoms with van der Waals surface area (Å²) >= 11 is 0. The molecule has 3 aromatic rings. The van der Waals surface area contributed by atoms with Crippen LogP contribution in [-0.4, -0.2) is 59.8 Å². The summed E-state index contributed by atoms with van der Waals surface area (Å²) in [6.07, 6.45) is -1.04. The third kappa shape index (κ3) is 7.12. The molecule has 1 heterocycles. The van der Waals surface area contributed by atoms with Crippen LogP contribution in [-0.2, 0) is 19.1 Å². The van der Waals surface area contributed by atoms with Crippen LogP contribution >= 0.6 is 0 Å². The SMILES string of the molecule is CC(C)CCN[C@]1(C(=O)Oc2c(F)c(F)c(F)c(F)c2F)C[C@@H](C(=O)OC(C)(C)C)N(C(=O)OCC2c3ccccc3-c3ccccc32)C1. The molecular weight excluding hydrogens is 651 g/mol. The van der Waals surface area contributed by atoms with E-state index < -0.39 is 83.0 Å². The fourth-order valence-corrected chi connectivity index (χ4v) is 6.17. The number of fused-ring (bicyclic) bond motifs is 3. The van der Waals surface area contributed by atoms with Gasteiger partial charge in [0.05, 0.1) is 6.54 Å². The first-order chi connectivity index (χ1) is 23.0. The highest BCUT2D eigenvalue weighted by atomic mass is 19.2. The van der Waals surface area contributed by atoms with Crippen molar-refractivity contribution in [1.82, 2.24) is 10.2 Å². The first-order valence-electron chi connectivity index (χ1n) is 15.9. The number of nitrogens with one attached hydrogen (secondary N) is 1. The molecule has 0 bridgehead atoms. The number of ether oxygens (including phenoxy) is 3. The van der Waals surface area contributed by atoms with Gasteiger partial charge in [-0.15, -0.1) is 0 Å². The van der Waals surface area contributed by atoms with Crippen LogP contribution in [0.1, 0.15) is 64.5 Å². The van der Waals surface area contributed by atoms with E-state index in [-0.39, 0.29) is 25.0 Å². The fourth-order valence-electron chi connectivity index (χ4n) is 6.17. The lowest BCUT2D eigenvalue weighted by atomic mass is 9.95. The average Bonchev–Trinajstić information content (AvgIpc) is 3.60. The summed E-state index contributed by atoms with van der Waals surface area (Å²) in [6.45, 7) is 7.94. The number of benzene rings is 3. The topological polar surface area (TPSA) is 94.2 Å². The normalized spacial score (nSPS) is 18.8. The molecule has 2 atom stereocenters. The van der Waals surface area contributed by atoms with Crippen LogP contribution in [0.2, 0.25) is 0 Å². The van der Waals surface area contributed by atoms with Crippen LogP contribution in [0.5, 0.6) is 5.75 Å². The van der Waals surface area contributed by atoms with E-state index in [0.29, 0.717) is 6.42 Å². The Morgan fingerprint density at radius 3 is 1.94 bits per heavy atom. The lowest BCUT2D eigenvalue weighted by Gasteiger charge is -2.29. The van der Waals surface area contributed by atoms with Crippen molar-refractivity contribution in [2.45, 2.75) is 70.6 Å². The molecule has 0 aromatic heterocycles. The molecule has 1 aliphatic heterocycles. The summed E-state index contributed by atoms with van der Waals surface area (Å²) in [5, 5.41) is 2.94. The molecule has 262 valence electrons. The van der Waals surface area contributed by atoms with Crippen molar-refractivity contribution in [2.75, 3.05) is 19.7 Å². The Hall–Kier alpha value is -4.52. The number of hydrogen-bond acceptors (Lipinski definition) is 7. The molecule has 49 heavy (non-hydrogen) atoms. The van der Waals surface area contributed by atoms with Gasteiger partial charge in [0.1, 0.15) is 23.8 Å². The Morgan fingerprint density at radius 1 is 0.878 bits per heavy atom. The van der Waals surface area contributed by atoms with Gasteiger partial charge in [0.2, 0.25) is 34.8 Å². The van der Waals surface area contributed by atoms with Crippen LogP contribution in [0.4, 0.5) is 26.7 Å². The van der Waals surface area contributed by atoms with E-state index in [4.69, 9.17) is 14.2 Å². The first kappa shape index (κ1) is 35.8. The molecule has 1 amide bonds. The maximum atomic E-state index is 14.6. The van der Waals surface area contributed by atoms with E-state index in [1.807, 2.05) is 62.4 Å². The number of rotatable bonds is 9. The summed E-state index contributed by atoms with van der Waals surface area (Å²) in [7, 11) is 0. The standard InChI is InChI=1S/C36H37F5N2O6/c1-19(2)14-15-42-36(33(45)48-31-29(40)27(38)26(37)28(39)30(31)41)16-25(32(44)49-35(3,4)5)43(18-36)34(46)47-17-24-22-12-8-6-10-20(22)21-11-7-9-13-23(21)24/h6-13,19,24-25,42H,14-18H2,1-5H3/t25-,36+/m0/s1. The molecule has 0 radical (unpaired) electrons. The molecule has 0 spiro atoms. The zero-order chi connectivity index (χ0) is 35.8. The van der Waals surface area contributed by atoms with Crippen LogP contribution in [0.3, 0.4) is 0 Å². The molecule has 0 saturated carbocycles. The van der Waals surface area contributed by atoms with E-state index in [2.05, 4.69) is 5.32 Å². The molecule has 1 fully saturated rings. The predicted octanol–water partition coefficient (Wildman–Crippen LogP) is 7.03. The molecule has 2 aliphatic rings. The van der Waals surface area contributed by atoms with Crippen LogP contribution in [0.15, 0.2) is 48.5 Å². The van der Waals surface area contributed by atoms with Crippen molar-refractivity contribution in [3.8, 4) is 16.9 Å². The van der Waals surface area contributed by atoms with Crippen LogP contribution in [0.25, 0.3) is 11.1 Å². The van der Waals surface area contributed by atoms with E-state index in [1.165, 1.54) is 0 Å². The monoisotopic (exact) mass is 688 g/mol. The second-order valence-corrected chi connectivity index (χ2v) is 13.7. The highest BCUT2D eigenvalue weighted by Gasteiger charge is 2.56. The van der Waals surface area contributed by atoms with Gasteiger partial charge in [-0.25, -0.2) is 27.6 Å². The third-order valence-electron chi connectivity index (χ3n) is 8.55. The molecule has 13 heteroatoms. The van der Waals surface area contributed by atoms with E-state index in [9.17, 15) is 36.3 Å². The van der Waals surface area contributed by atoms with Crippen molar-refractivity contribution < 1.29 is 50.5 Å². The number of carbonyl (C=O) groups is 3. The van der Waals surface area contributed by atoms with Gasteiger partial charge in [-0.3, -0.25) is 4.90 Å². The molecular formula is C36H37F5N2O6. The van der Waals surface area contributed by atoms with Gasteiger partial charge in [-0.05, 0) is 61.9 Å². The van der Waals surface area contributed by atoms with Gasteiger partial charge in [0.25, 0.3) is 0 Å². The maximum Gasteiger partial charge on any atom is 0.410 e. The molecule has 1 saturated heterocycles. The van der Waals surface area contributed by atoms with Crippen molar-refractivity contribution in [1.29, 1.82) is 0 Å². The van der Waals surface area contributed by atoms with Gasteiger partial charge >= 0.3 is 18.0 Å². The average molecular weight is 689 g/mol. The van der Waals surface area contributed by atoms with Gasteiger partial charge < -0.3 is 19.5 Å². The van der Waals surface area contributed by atoms with Crippen molar-refractivity contribution >= 4 is 18.0 Å². The fraction of sp³-hybridized carbons (Fsp3) is 0.417. The van der Waals surface area contributed by atoms with Gasteiger partial charge in [0, 0.05) is 12.3 Å². The number of nitrogens with zero attached hydrogens (tertiary/aromatic N) is 1. The van der Waals surface area contributed by atoms with Gasteiger partial charge in [0.15, 0.2) is 0 Å². The summed E-state index contributed by atoms with van der Waals surface area (Å²) in [6, 6.07) is 13.8. The number of amides is 1. The molecule has 8 nitrogen and oxygen atoms in total. The zero-order valence-electron chi connectivity index (χ0n) is 27.7. The summed E-state index contributed by atoms with van der Waals surface area (Å²) in [5.41, 5.74) is 0.765. The number of esters is 2. The minimum atomic E-state index is -2.42. The van der Waals surface area contributed by atoms with Crippen LogP contribution in [0, 0.1) is 35.0 Å². The highest BCUT2D eigenvalue weighted by Crippen LogP contribution is 2.45. The summed E-state index contributed by atoms with van der Waals surface area (Å²) in [5.74, 6) is -16.1. The third-order valence-corrected chi connectivity index (χ3v) is 8.55. The minimum absolute atomic E-state index is 0.101. The lowest BCUT2D eigenvalue weighted by Crippen LogP contribution is -2.56. The Balaban J connectivity index is 1.47. The zero-order valence-corrected chi connectivity index (χ0v) is 27.7. The van der Waals surface area contributed by atoms with E-state index in [1.54, 1.807) is 20.8 Å². The van der Waals surface area contributed by atoms with Gasteiger partial charge in [-0.2, -0.15) is 8.78 Å². The smallest absolute Gasteiger partial charge is 0.410 e. The largest absolute Gasteiger partial charge is 0.458 e. The summed E-state index contributed by atoms with van der Waals surface area (Å²) in [4.78, 5) is 42.1. The Kier molecular flexibility index (Phi) is 10.1. The van der Waals surface area contributed by atoms with Crippen molar-refractivity contribution in [2.24, 2.45) is 5.92 Å². The minimum Gasteiger partial charge on any atom is -0.458 e. The first-order valence-corrected chi connectivity index (χ1v) is 15.9. The second kappa shape index (κ2) is 13.8. The highest BCUT2D eigenvalue weighted by molar-refractivity contribution is 5.90. The number of hydrogen-bond donors (Lipinski definition) is 1.